The smallest absolute Gasteiger partial charge is 0.0581 e. The zero-order valence-corrected chi connectivity index (χ0v) is 8.92. The number of hydrogen-bond donors (Lipinski definition) is 2. The van der Waals surface area contributed by atoms with Crippen LogP contribution in [0, 0.1) is 11.8 Å². The molecule has 0 saturated heterocycles. The van der Waals surface area contributed by atoms with Crippen molar-refractivity contribution in [2.75, 3.05) is 13.2 Å². The summed E-state index contributed by atoms with van der Waals surface area (Å²) in [4.78, 5) is 0. The molecule has 0 aromatic heterocycles. The average Bonchev–Trinajstić information content (AvgIpc) is 2.16. The highest BCUT2D eigenvalue weighted by molar-refractivity contribution is 4.75. The summed E-state index contributed by atoms with van der Waals surface area (Å²) in [7, 11) is 0. The Morgan fingerprint density at radius 3 is 2.69 bits per heavy atom. The highest BCUT2D eigenvalue weighted by Gasteiger charge is 2.20. The van der Waals surface area contributed by atoms with Crippen LogP contribution in [0.2, 0.25) is 0 Å². The van der Waals surface area contributed by atoms with Gasteiger partial charge in [0.25, 0.3) is 0 Å². The first kappa shape index (κ1) is 11.0. The van der Waals surface area contributed by atoms with E-state index in [1.165, 1.54) is 25.7 Å². The summed E-state index contributed by atoms with van der Waals surface area (Å²) >= 11 is 0. The molecule has 2 nitrogen and oxygen atoms in total. The second-order valence-electron chi connectivity index (χ2n) is 4.51. The van der Waals surface area contributed by atoms with Gasteiger partial charge in [0.15, 0.2) is 0 Å². The largest absolute Gasteiger partial charge is 0.395 e. The molecule has 2 heteroatoms. The average molecular weight is 185 g/mol. The normalized spacial score (nSPS) is 31.6. The Labute approximate surface area is 81.7 Å². The van der Waals surface area contributed by atoms with Crippen LogP contribution in [0.5, 0.6) is 0 Å². The molecular formula is C11H23NO. The Bertz CT molecular complexity index is 138. The van der Waals surface area contributed by atoms with Crippen LogP contribution in [0.3, 0.4) is 0 Å². The lowest BCUT2D eigenvalue weighted by atomic mass is 9.80. The van der Waals surface area contributed by atoms with Crippen LogP contribution in [-0.2, 0) is 0 Å². The van der Waals surface area contributed by atoms with Gasteiger partial charge < -0.3 is 10.4 Å². The molecular weight excluding hydrogens is 162 g/mol. The van der Waals surface area contributed by atoms with Crippen molar-refractivity contribution < 1.29 is 5.11 Å². The fraction of sp³-hybridized carbons (Fsp3) is 1.00. The Morgan fingerprint density at radius 2 is 2.08 bits per heavy atom. The Morgan fingerprint density at radius 1 is 1.38 bits per heavy atom. The first-order valence-corrected chi connectivity index (χ1v) is 5.58. The van der Waals surface area contributed by atoms with Gasteiger partial charge in [0.1, 0.15) is 0 Å². The number of hydrogen-bond acceptors (Lipinski definition) is 2. The van der Waals surface area contributed by atoms with Gasteiger partial charge in [0.2, 0.25) is 0 Å². The van der Waals surface area contributed by atoms with Crippen LogP contribution in [0.1, 0.15) is 39.5 Å². The predicted molar refractivity (Wildman–Crippen MR) is 55.7 cm³/mol. The fourth-order valence-electron chi connectivity index (χ4n) is 2.11. The molecule has 0 bridgehead atoms. The van der Waals surface area contributed by atoms with E-state index >= 15 is 0 Å². The molecule has 0 heterocycles. The summed E-state index contributed by atoms with van der Waals surface area (Å²) in [5, 5.41) is 12.3. The maximum atomic E-state index is 8.87. The van der Waals surface area contributed by atoms with Crippen LogP contribution in [0.25, 0.3) is 0 Å². The van der Waals surface area contributed by atoms with Crippen molar-refractivity contribution in [2.24, 2.45) is 11.8 Å². The van der Waals surface area contributed by atoms with Crippen molar-refractivity contribution in [3.63, 3.8) is 0 Å². The summed E-state index contributed by atoms with van der Waals surface area (Å²) in [5.41, 5.74) is 0. The van der Waals surface area contributed by atoms with Crippen LogP contribution >= 0.6 is 0 Å². The van der Waals surface area contributed by atoms with Gasteiger partial charge in [0, 0.05) is 6.04 Å². The summed E-state index contributed by atoms with van der Waals surface area (Å²) in [5.74, 6) is 1.70. The molecule has 0 amide bonds. The lowest BCUT2D eigenvalue weighted by Crippen LogP contribution is -2.36. The summed E-state index contributed by atoms with van der Waals surface area (Å²) in [6.45, 7) is 5.73. The van der Waals surface area contributed by atoms with Gasteiger partial charge >= 0.3 is 0 Å². The second kappa shape index (κ2) is 5.61. The fourth-order valence-corrected chi connectivity index (χ4v) is 2.11. The minimum atomic E-state index is 0.251. The third kappa shape index (κ3) is 3.65. The van der Waals surface area contributed by atoms with E-state index < -0.39 is 0 Å². The van der Waals surface area contributed by atoms with E-state index in [-0.39, 0.29) is 12.6 Å². The van der Waals surface area contributed by atoms with Gasteiger partial charge in [0.05, 0.1) is 6.61 Å². The van der Waals surface area contributed by atoms with Crippen LogP contribution in [-0.4, -0.2) is 24.3 Å². The molecule has 1 fully saturated rings. The molecule has 0 aromatic carbocycles. The van der Waals surface area contributed by atoms with E-state index in [4.69, 9.17) is 5.11 Å². The molecule has 1 rings (SSSR count). The van der Waals surface area contributed by atoms with Gasteiger partial charge in [-0.25, -0.2) is 0 Å². The molecule has 2 N–H and O–H groups in total. The minimum absolute atomic E-state index is 0.251. The molecule has 3 atom stereocenters. The van der Waals surface area contributed by atoms with E-state index in [0.29, 0.717) is 0 Å². The molecule has 0 aliphatic heterocycles. The van der Waals surface area contributed by atoms with Crippen molar-refractivity contribution in [3.8, 4) is 0 Å². The third-order valence-corrected chi connectivity index (χ3v) is 3.29. The second-order valence-corrected chi connectivity index (χ2v) is 4.51. The summed E-state index contributed by atoms with van der Waals surface area (Å²) in [6, 6.07) is 0.258. The molecule has 78 valence electrons. The van der Waals surface area contributed by atoms with Gasteiger partial charge in [-0.05, 0) is 31.7 Å². The summed E-state index contributed by atoms with van der Waals surface area (Å²) < 4.78 is 0. The monoisotopic (exact) mass is 185 g/mol. The van der Waals surface area contributed by atoms with Crippen molar-refractivity contribution >= 4 is 0 Å². The van der Waals surface area contributed by atoms with Crippen molar-refractivity contribution in [3.05, 3.63) is 0 Å². The van der Waals surface area contributed by atoms with E-state index in [0.717, 1.165) is 18.4 Å². The van der Waals surface area contributed by atoms with Crippen molar-refractivity contribution in [1.82, 2.24) is 5.32 Å². The Kier molecular flexibility index (Phi) is 4.74. The van der Waals surface area contributed by atoms with Crippen LogP contribution in [0.15, 0.2) is 0 Å². The van der Waals surface area contributed by atoms with Crippen LogP contribution < -0.4 is 5.32 Å². The highest BCUT2D eigenvalue weighted by atomic mass is 16.3. The van der Waals surface area contributed by atoms with Gasteiger partial charge in [-0.1, -0.05) is 26.2 Å². The third-order valence-electron chi connectivity index (χ3n) is 3.29. The van der Waals surface area contributed by atoms with E-state index in [9.17, 15) is 0 Å². The molecule has 1 aliphatic carbocycles. The maximum absolute atomic E-state index is 8.87. The minimum Gasteiger partial charge on any atom is -0.395 e. The number of aliphatic hydroxyl groups is 1. The SMILES string of the molecule is CC1CCCCC1CN[C@H](C)CO. The highest BCUT2D eigenvalue weighted by Crippen LogP contribution is 2.28. The lowest BCUT2D eigenvalue weighted by Gasteiger charge is -2.29. The van der Waals surface area contributed by atoms with Gasteiger partial charge in [-0.15, -0.1) is 0 Å². The molecule has 0 spiro atoms. The van der Waals surface area contributed by atoms with E-state index in [1.54, 1.807) is 0 Å². The van der Waals surface area contributed by atoms with Gasteiger partial charge in [-0.3, -0.25) is 0 Å². The number of rotatable bonds is 4. The maximum Gasteiger partial charge on any atom is 0.0581 e. The molecule has 2 unspecified atom stereocenters. The van der Waals surface area contributed by atoms with E-state index in [1.807, 2.05) is 6.92 Å². The summed E-state index contributed by atoms with van der Waals surface area (Å²) in [6.07, 6.45) is 5.56. The van der Waals surface area contributed by atoms with E-state index in [2.05, 4.69) is 12.2 Å². The molecule has 13 heavy (non-hydrogen) atoms. The topological polar surface area (TPSA) is 32.3 Å². The zero-order chi connectivity index (χ0) is 9.68. The standard InChI is InChI=1S/C11H23NO/c1-9-5-3-4-6-11(9)7-12-10(2)8-13/h9-13H,3-8H2,1-2H3/t9?,10-,11?/m1/s1. The molecule has 0 radical (unpaired) electrons. The number of aliphatic hydroxyl groups excluding tert-OH is 1. The van der Waals surface area contributed by atoms with Gasteiger partial charge in [-0.2, -0.15) is 0 Å². The zero-order valence-electron chi connectivity index (χ0n) is 8.92. The Hall–Kier alpha value is -0.0800. The Balaban J connectivity index is 2.18. The predicted octanol–water partition coefficient (Wildman–Crippen LogP) is 1.78. The molecule has 0 aromatic rings. The van der Waals surface area contributed by atoms with Crippen LogP contribution in [0.4, 0.5) is 0 Å². The molecule has 1 aliphatic rings. The van der Waals surface area contributed by atoms with Crippen molar-refractivity contribution in [1.29, 1.82) is 0 Å². The first-order valence-electron chi connectivity index (χ1n) is 5.58. The first-order chi connectivity index (χ1) is 6.24. The number of nitrogens with one attached hydrogen (secondary N) is 1. The van der Waals surface area contributed by atoms with Crippen molar-refractivity contribution in [2.45, 2.75) is 45.6 Å². The molecule has 1 saturated carbocycles. The quantitative estimate of drug-likeness (QED) is 0.700. The lowest BCUT2D eigenvalue weighted by molar-refractivity contribution is 0.212.